The zero-order valence-corrected chi connectivity index (χ0v) is 14.5. The highest BCUT2D eigenvalue weighted by Gasteiger charge is 2.24. The van der Waals surface area contributed by atoms with E-state index in [2.05, 4.69) is 5.32 Å². The second-order valence-electron chi connectivity index (χ2n) is 5.10. The highest BCUT2D eigenvalue weighted by Crippen LogP contribution is 2.34. The fourth-order valence-electron chi connectivity index (χ4n) is 2.25. The standard InChI is InChI=1S/C16H18N2O6S/c1-23-14-7-11(12(18(21)22)8-15(14)24-2)16(20)17-5-3-13(19)10-4-6-25-9-10/h4,6-9,13,19H,3,5H2,1-2H3,(H,17,20). The van der Waals surface area contributed by atoms with E-state index in [1.54, 1.807) is 6.07 Å². The van der Waals surface area contributed by atoms with E-state index in [1.165, 1.54) is 31.6 Å². The first kappa shape index (κ1) is 18.7. The van der Waals surface area contributed by atoms with Gasteiger partial charge in [-0.25, -0.2) is 0 Å². The molecule has 0 radical (unpaired) electrons. The summed E-state index contributed by atoms with van der Waals surface area (Å²) in [6, 6.07) is 4.21. The minimum Gasteiger partial charge on any atom is -0.493 e. The van der Waals surface area contributed by atoms with Crippen molar-refractivity contribution in [3.63, 3.8) is 0 Å². The molecule has 1 heterocycles. The van der Waals surface area contributed by atoms with Crippen LogP contribution in [0.2, 0.25) is 0 Å². The van der Waals surface area contributed by atoms with E-state index in [0.717, 1.165) is 11.6 Å². The summed E-state index contributed by atoms with van der Waals surface area (Å²) in [5.74, 6) is -0.236. The number of nitrogens with zero attached hydrogens (tertiary/aromatic N) is 1. The van der Waals surface area contributed by atoms with E-state index in [4.69, 9.17) is 9.47 Å². The fourth-order valence-corrected chi connectivity index (χ4v) is 2.96. The molecule has 2 aromatic rings. The van der Waals surface area contributed by atoms with Crippen LogP contribution in [0.25, 0.3) is 0 Å². The van der Waals surface area contributed by atoms with Gasteiger partial charge in [0.1, 0.15) is 5.56 Å². The van der Waals surface area contributed by atoms with Gasteiger partial charge in [0.15, 0.2) is 11.5 Å². The Hall–Kier alpha value is -2.65. The van der Waals surface area contributed by atoms with Crippen LogP contribution in [0.3, 0.4) is 0 Å². The monoisotopic (exact) mass is 366 g/mol. The van der Waals surface area contributed by atoms with E-state index < -0.39 is 16.9 Å². The van der Waals surface area contributed by atoms with Crippen molar-refractivity contribution in [2.75, 3.05) is 20.8 Å². The van der Waals surface area contributed by atoms with E-state index in [1.807, 2.05) is 10.8 Å². The Kier molecular flexibility index (Phi) is 6.31. The molecule has 1 amide bonds. The third-order valence-corrected chi connectivity index (χ3v) is 4.28. The minimum absolute atomic E-state index is 0.132. The zero-order chi connectivity index (χ0) is 18.4. The number of nitro groups is 1. The first-order valence-electron chi connectivity index (χ1n) is 7.36. The molecule has 0 aliphatic carbocycles. The number of rotatable bonds is 8. The molecule has 0 fully saturated rings. The van der Waals surface area contributed by atoms with Gasteiger partial charge in [-0.15, -0.1) is 0 Å². The maximum Gasteiger partial charge on any atom is 0.286 e. The molecule has 9 heteroatoms. The molecule has 0 saturated heterocycles. The number of nitrogens with one attached hydrogen (secondary N) is 1. The van der Waals surface area contributed by atoms with Gasteiger partial charge >= 0.3 is 0 Å². The molecule has 0 bridgehead atoms. The van der Waals surface area contributed by atoms with Crippen molar-refractivity contribution in [1.29, 1.82) is 0 Å². The highest BCUT2D eigenvalue weighted by molar-refractivity contribution is 7.07. The lowest BCUT2D eigenvalue weighted by Crippen LogP contribution is -2.26. The quantitative estimate of drug-likeness (QED) is 0.549. The third kappa shape index (κ3) is 4.46. The number of nitro benzene ring substituents is 1. The number of ether oxygens (including phenoxy) is 2. The summed E-state index contributed by atoms with van der Waals surface area (Å²) in [6.07, 6.45) is -0.407. The van der Waals surface area contributed by atoms with Crippen LogP contribution in [0.5, 0.6) is 11.5 Å². The second kappa shape index (κ2) is 8.45. The van der Waals surface area contributed by atoms with E-state index >= 15 is 0 Å². The van der Waals surface area contributed by atoms with Gasteiger partial charge in [-0.05, 0) is 28.8 Å². The van der Waals surface area contributed by atoms with Crippen LogP contribution in [0.4, 0.5) is 5.69 Å². The number of benzene rings is 1. The van der Waals surface area contributed by atoms with Crippen LogP contribution in [-0.2, 0) is 0 Å². The molecule has 1 unspecified atom stereocenters. The van der Waals surface area contributed by atoms with Crippen molar-refractivity contribution < 1.29 is 24.3 Å². The van der Waals surface area contributed by atoms with Crippen molar-refractivity contribution in [3.8, 4) is 11.5 Å². The SMILES string of the molecule is COc1cc(C(=O)NCCC(O)c2ccsc2)c([N+](=O)[O-])cc1OC. The van der Waals surface area contributed by atoms with Gasteiger partial charge in [0, 0.05) is 12.6 Å². The third-order valence-electron chi connectivity index (χ3n) is 3.57. The smallest absolute Gasteiger partial charge is 0.286 e. The summed E-state index contributed by atoms with van der Waals surface area (Å²) >= 11 is 1.47. The summed E-state index contributed by atoms with van der Waals surface area (Å²) in [4.78, 5) is 22.9. The number of hydrogen-bond donors (Lipinski definition) is 2. The van der Waals surface area contributed by atoms with Gasteiger partial charge in [0.25, 0.3) is 11.6 Å². The molecule has 2 rings (SSSR count). The first-order chi connectivity index (χ1) is 12.0. The topological polar surface area (TPSA) is 111 Å². The lowest BCUT2D eigenvalue weighted by molar-refractivity contribution is -0.385. The number of hydrogen-bond acceptors (Lipinski definition) is 7. The van der Waals surface area contributed by atoms with Crippen LogP contribution >= 0.6 is 11.3 Å². The van der Waals surface area contributed by atoms with Crippen molar-refractivity contribution in [2.24, 2.45) is 0 Å². The first-order valence-corrected chi connectivity index (χ1v) is 8.31. The minimum atomic E-state index is -0.702. The largest absolute Gasteiger partial charge is 0.493 e. The Morgan fingerprint density at radius 2 is 2.04 bits per heavy atom. The predicted molar refractivity (Wildman–Crippen MR) is 92.4 cm³/mol. The number of methoxy groups -OCH3 is 2. The van der Waals surface area contributed by atoms with Crippen LogP contribution in [0.15, 0.2) is 29.0 Å². The highest BCUT2D eigenvalue weighted by atomic mass is 32.1. The summed E-state index contributed by atoms with van der Waals surface area (Å²) in [6.45, 7) is 0.168. The molecule has 0 saturated carbocycles. The zero-order valence-electron chi connectivity index (χ0n) is 13.7. The number of aliphatic hydroxyl groups is 1. The van der Waals surface area contributed by atoms with Gasteiger partial charge in [-0.1, -0.05) is 0 Å². The maximum absolute atomic E-state index is 12.3. The Bertz CT molecular complexity index is 747. The number of carbonyl (C=O) groups is 1. The molecule has 0 aliphatic heterocycles. The molecule has 134 valence electrons. The fraction of sp³-hybridized carbons (Fsp3) is 0.312. The Balaban J connectivity index is 2.11. The Morgan fingerprint density at radius 1 is 1.36 bits per heavy atom. The van der Waals surface area contributed by atoms with E-state index in [0.29, 0.717) is 6.42 Å². The maximum atomic E-state index is 12.3. The molecule has 1 aromatic carbocycles. The normalized spacial score (nSPS) is 11.6. The molecule has 25 heavy (non-hydrogen) atoms. The average molecular weight is 366 g/mol. The van der Waals surface area contributed by atoms with Crippen molar-refractivity contribution in [2.45, 2.75) is 12.5 Å². The van der Waals surface area contributed by atoms with E-state index in [9.17, 15) is 20.0 Å². The number of thiophene rings is 1. The Labute approximate surface area is 148 Å². The van der Waals surface area contributed by atoms with Gasteiger partial charge in [-0.3, -0.25) is 14.9 Å². The molecule has 1 aromatic heterocycles. The molecule has 1 atom stereocenters. The van der Waals surface area contributed by atoms with Gasteiger partial charge in [-0.2, -0.15) is 11.3 Å². The summed E-state index contributed by atoms with van der Waals surface area (Å²) in [7, 11) is 2.73. The molecular weight excluding hydrogens is 348 g/mol. The Morgan fingerprint density at radius 3 is 2.60 bits per heavy atom. The molecular formula is C16H18N2O6S. The van der Waals surface area contributed by atoms with Gasteiger partial charge in [0.05, 0.1) is 31.3 Å². The van der Waals surface area contributed by atoms with Crippen molar-refractivity contribution in [3.05, 3.63) is 50.2 Å². The molecule has 0 spiro atoms. The van der Waals surface area contributed by atoms with Crippen LogP contribution in [0.1, 0.15) is 28.4 Å². The molecule has 2 N–H and O–H groups in total. The van der Waals surface area contributed by atoms with Crippen LogP contribution in [-0.4, -0.2) is 36.7 Å². The molecule has 0 aliphatic rings. The molecule has 8 nitrogen and oxygen atoms in total. The van der Waals surface area contributed by atoms with Crippen LogP contribution < -0.4 is 14.8 Å². The predicted octanol–water partition coefficient (Wildman–Crippen LogP) is 2.53. The number of aliphatic hydroxyl groups excluding tert-OH is 1. The lowest BCUT2D eigenvalue weighted by Gasteiger charge is -2.12. The van der Waals surface area contributed by atoms with Gasteiger partial charge in [0.2, 0.25) is 0 Å². The average Bonchev–Trinajstić information content (AvgIpc) is 3.14. The van der Waals surface area contributed by atoms with Gasteiger partial charge < -0.3 is 19.9 Å². The van der Waals surface area contributed by atoms with Crippen molar-refractivity contribution in [1.82, 2.24) is 5.32 Å². The summed E-state index contributed by atoms with van der Waals surface area (Å²) in [5, 5.41) is 27.5. The van der Waals surface area contributed by atoms with Crippen LogP contribution in [0, 0.1) is 10.1 Å². The summed E-state index contributed by atoms with van der Waals surface area (Å²) in [5.41, 5.74) is 0.262. The lowest BCUT2D eigenvalue weighted by atomic mass is 10.1. The van der Waals surface area contributed by atoms with Crippen molar-refractivity contribution >= 4 is 22.9 Å². The summed E-state index contributed by atoms with van der Waals surface area (Å²) < 4.78 is 10.1. The van der Waals surface area contributed by atoms with E-state index in [-0.39, 0.29) is 29.3 Å². The number of carbonyl (C=O) groups excluding carboxylic acids is 1. The second-order valence-corrected chi connectivity index (χ2v) is 5.88. The number of amides is 1.